The number of ether oxygens (including phenoxy) is 1. The highest BCUT2D eigenvalue weighted by Crippen LogP contribution is 2.47. The largest absolute Gasteiger partial charge is 0.381 e. The molecular formula is C9H18O. The SMILES string of the molecule is CCOCC1C(C)C1CC. The fraction of sp³-hybridized carbons (Fsp3) is 1.00. The molecule has 1 nitrogen and oxygen atoms in total. The predicted octanol–water partition coefficient (Wildman–Crippen LogP) is 2.32. The molecule has 0 radical (unpaired) electrons. The summed E-state index contributed by atoms with van der Waals surface area (Å²) in [6.45, 7) is 8.54. The Kier molecular flexibility index (Phi) is 2.72. The lowest BCUT2D eigenvalue weighted by Crippen LogP contribution is -1.97. The molecule has 1 aliphatic rings. The second-order valence-corrected chi connectivity index (χ2v) is 3.25. The molecule has 0 aromatic heterocycles. The normalized spacial score (nSPS) is 38.1. The molecule has 0 aromatic carbocycles. The fourth-order valence-electron chi connectivity index (χ4n) is 1.84. The van der Waals surface area contributed by atoms with Crippen molar-refractivity contribution in [3.05, 3.63) is 0 Å². The van der Waals surface area contributed by atoms with Crippen molar-refractivity contribution in [3.8, 4) is 0 Å². The van der Waals surface area contributed by atoms with Crippen LogP contribution in [0.25, 0.3) is 0 Å². The quantitative estimate of drug-likeness (QED) is 0.585. The van der Waals surface area contributed by atoms with Crippen LogP contribution in [0, 0.1) is 17.8 Å². The molecule has 1 aliphatic carbocycles. The second kappa shape index (κ2) is 3.38. The zero-order valence-electron chi connectivity index (χ0n) is 7.26. The summed E-state index contributed by atoms with van der Waals surface area (Å²) in [5.74, 6) is 2.77. The van der Waals surface area contributed by atoms with Gasteiger partial charge >= 0.3 is 0 Å². The van der Waals surface area contributed by atoms with E-state index < -0.39 is 0 Å². The third-order valence-corrected chi connectivity index (χ3v) is 2.75. The first kappa shape index (κ1) is 8.06. The Labute approximate surface area is 63.8 Å². The molecule has 1 fully saturated rings. The minimum absolute atomic E-state index is 0.875. The van der Waals surface area contributed by atoms with Gasteiger partial charge in [-0.15, -0.1) is 0 Å². The summed E-state index contributed by atoms with van der Waals surface area (Å²) < 4.78 is 5.36. The zero-order chi connectivity index (χ0) is 7.56. The average molecular weight is 142 g/mol. The monoisotopic (exact) mass is 142 g/mol. The highest BCUT2D eigenvalue weighted by atomic mass is 16.5. The van der Waals surface area contributed by atoms with Crippen molar-refractivity contribution in [2.75, 3.05) is 13.2 Å². The Hall–Kier alpha value is -0.0400. The van der Waals surface area contributed by atoms with Crippen molar-refractivity contribution < 1.29 is 4.74 Å². The average Bonchev–Trinajstić information content (AvgIpc) is 2.56. The summed E-state index contributed by atoms with van der Waals surface area (Å²) in [4.78, 5) is 0. The van der Waals surface area contributed by atoms with E-state index in [0.717, 1.165) is 31.0 Å². The van der Waals surface area contributed by atoms with Crippen LogP contribution in [-0.2, 0) is 4.74 Å². The van der Waals surface area contributed by atoms with Crippen molar-refractivity contribution in [2.24, 2.45) is 17.8 Å². The van der Waals surface area contributed by atoms with Gasteiger partial charge in [-0.1, -0.05) is 20.3 Å². The molecule has 1 saturated carbocycles. The van der Waals surface area contributed by atoms with Crippen LogP contribution < -0.4 is 0 Å². The molecule has 1 heteroatoms. The Morgan fingerprint density at radius 3 is 2.30 bits per heavy atom. The molecular weight excluding hydrogens is 124 g/mol. The van der Waals surface area contributed by atoms with Crippen LogP contribution >= 0.6 is 0 Å². The Bertz CT molecular complexity index is 101. The van der Waals surface area contributed by atoms with Crippen LogP contribution in [0.3, 0.4) is 0 Å². The number of hydrogen-bond acceptors (Lipinski definition) is 1. The van der Waals surface area contributed by atoms with Crippen LogP contribution in [0.1, 0.15) is 27.2 Å². The highest BCUT2D eigenvalue weighted by Gasteiger charge is 2.44. The van der Waals surface area contributed by atoms with E-state index in [-0.39, 0.29) is 0 Å². The smallest absolute Gasteiger partial charge is 0.0499 e. The third-order valence-electron chi connectivity index (χ3n) is 2.75. The molecule has 0 spiro atoms. The van der Waals surface area contributed by atoms with E-state index in [2.05, 4.69) is 20.8 Å². The van der Waals surface area contributed by atoms with E-state index in [0.29, 0.717) is 0 Å². The molecule has 60 valence electrons. The molecule has 0 N–H and O–H groups in total. The van der Waals surface area contributed by atoms with E-state index in [1.165, 1.54) is 6.42 Å². The van der Waals surface area contributed by atoms with Crippen molar-refractivity contribution >= 4 is 0 Å². The van der Waals surface area contributed by atoms with E-state index >= 15 is 0 Å². The Balaban J connectivity index is 2.09. The summed E-state index contributed by atoms with van der Waals surface area (Å²) in [5.41, 5.74) is 0. The van der Waals surface area contributed by atoms with Crippen LogP contribution in [0.2, 0.25) is 0 Å². The van der Waals surface area contributed by atoms with Gasteiger partial charge in [0.25, 0.3) is 0 Å². The first-order valence-corrected chi connectivity index (χ1v) is 4.39. The third kappa shape index (κ3) is 1.51. The zero-order valence-corrected chi connectivity index (χ0v) is 7.26. The minimum atomic E-state index is 0.875. The molecule has 10 heavy (non-hydrogen) atoms. The first-order chi connectivity index (χ1) is 4.81. The van der Waals surface area contributed by atoms with Crippen molar-refractivity contribution in [1.29, 1.82) is 0 Å². The summed E-state index contributed by atoms with van der Waals surface area (Å²) in [6.07, 6.45) is 1.33. The number of hydrogen-bond donors (Lipinski definition) is 0. The molecule has 1 rings (SSSR count). The summed E-state index contributed by atoms with van der Waals surface area (Å²) in [5, 5.41) is 0. The molecule has 3 unspecified atom stereocenters. The van der Waals surface area contributed by atoms with Crippen molar-refractivity contribution in [1.82, 2.24) is 0 Å². The van der Waals surface area contributed by atoms with Gasteiger partial charge < -0.3 is 4.74 Å². The Morgan fingerprint density at radius 2 is 1.90 bits per heavy atom. The standard InChI is InChI=1S/C9H18O/c1-4-8-7(3)9(8)6-10-5-2/h7-9H,4-6H2,1-3H3. The lowest BCUT2D eigenvalue weighted by molar-refractivity contribution is 0.131. The van der Waals surface area contributed by atoms with Crippen molar-refractivity contribution in [2.45, 2.75) is 27.2 Å². The van der Waals surface area contributed by atoms with Gasteiger partial charge in [0.1, 0.15) is 0 Å². The van der Waals surface area contributed by atoms with Gasteiger partial charge in [-0.05, 0) is 24.7 Å². The lowest BCUT2D eigenvalue weighted by atomic mass is 10.2. The molecule has 0 bridgehead atoms. The second-order valence-electron chi connectivity index (χ2n) is 3.25. The van der Waals surface area contributed by atoms with Crippen LogP contribution in [-0.4, -0.2) is 13.2 Å². The van der Waals surface area contributed by atoms with Crippen LogP contribution in [0.4, 0.5) is 0 Å². The molecule has 3 atom stereocenters. The maximum Gasteiger partial charge on any atom is 0.0499 e. The summed E-state index contributed by atoms with van der Waals surface area (Å²) in [7, 11) is 0. The topological polar surface area (TPSA) is 9.23 Å². The first-order valence-electron chi connectivity index (χ1n) is 4.39. The molecule has 0 saturated heterocycles. The van der Waals surface area contributed by atoms with Gasteiger partial charge in [0.2, 0.25) is 0 Å². The van der Waals surface area contributed by atoms with Gasteiger partial charge in [0.15, 0.2) is 0 Å². The lowest BCUT2D eigenvalue weighted by Gasteiger charge is -1.97. The summed E-state index contributed by atoms with van der Waals surface area (Å²) in [6, 6.07) is 0. The van der Waals surface area contributed by atoms with Crippen molar-refractivity contribution in [3.63, 3.8) is 0 Å². The highest BCUT2D eigenvalue weighted by molar-refractivity contribution is 4.92. The van der Waals surface area contributed by atoms with E-state index in [1.54, 1.807) is 0 Å². The van der Waals surface area contributed by atoms with E-state index in [1.807, 2.05) is 0 Å². The van der Waals surface area contributed by atoms with Gasteiger partial charge in [-0.3, -0.25) is 0 Å². The summed E-state index contributed by atoms with van der Waals surface area (Å²) >= 11 is 0. The fourth-order valence-corrected chi connectivity index (χ4v) is 1.84. The maximum atomic E-state index is 5.36. The van der Waals surface area contributed by atoms with Gasteiger partial charge in [-0.2, -0.15) is 0 Å². The van der Waals surface area contributed by atoms with Crippen LogP contribution in [0.5, 0.6) is 0 Å². The van der Waals surface area contributed by atoms with Gasteiger partial charge in [0.05, 0.1) is 0 Å². The molecule has 0 aliphatic heterocycles. The van der Waals surface area contributed by atoms with E-state index in [9.17, 15) is 0 Å². The molecule has 0 aromatic rings. The van der Waals surface area contributed by atoms with E-state index in [4.69, 9.17) is 4.74 Å². The predicted molar refractivity (Wildman–Crippen MR) is 42.9 cm³/mol. The molecule has 0 heterocycles. The van der Waals surface area contributed by atoms with Crippen LogP contribution in [0.15, 0.2) is 0 Å². The minimum Gasteiger partial charge on any atom is -0.381 e. The number of rotatable bonds is 4. The maximum absolute atomic E-state index is 5.36. The van der Waals surface area contributed by atoms with Gasteiger partial charge in [-0.25, -0.2) is 0 Å². The van der Waals surface area contributed by atoms with Gasteiger partial charge in [0, 0.05) is 13.2 Å². The molecule has 0 amide bonds. The Morgan fingerprint density at radius 1 is 1.20 bits per heavy atom.